The number of pyridine rings is 1. The minimum Gasteiger partial charge on any atom is -0.492 e. The van der Waals surface area contributed by atoms with Crippen molar-refractivity contribution in [2.75, 3.05) is 62.2 Å². The quantitative estimate of drug-likeness (QED) is 0.115. The molecule has 2 saturated heterocycles. The summed E-state index contributed by atoms with van der Waals surface area (Å²) in [6, 6.07) is 21.4. The van der Waals surface area contributed by atoms with Gasteiger partial charge in [0.1, 0.15) is 22.9 Å². The maximum absolute atomic E-state index is 14.0. The van der Waals surface area contributed by atoms with Crippen LogP contribution in [0.4, 0.5) is 10.8 Å². The van der Waals surface area contributed by atoms with Crippen LogP contribution in [0, 0.1) is 11.3 Å². The number of halogens is 2. The van der Waals surface area contributed by atoms with E-state index in [1.807, 2.05) is 41.9 Å². The van der Waals surface area contributed by atoms with Crippen molar-refractivity contribution in [2.24, 2.45) is 11.3 Å². The predicted molar refractivity (Wildman–Crippen MR) is 256 cm³/mol. The Morgan fingerprint density at radius 3 is 2.47 bits per heavy atom. The summed E-state index contributed by atoms with van der Waals surface area (Å²) in [4.78, 5) is 32.8. The number of rotatable bonds is 13. The molecule has 1 aliphatic carbocycles. The van der Waals surface area contributed by atoms with Crippen LogP contribution in [0.5, 0.6) is 17.2 Å². The lowest BCUT2D eigenvalue weighted by Crippen LogP contribution is -2.47. The van der Waals surface area contributed by atoms with Gasteiger partial charge < -0.3 is 24.3 Å². The highest BCUT2D eigenvalue weighted by molar-refractivity contribution is 7.90. The number of hydrogen-bond acceptors (Lipinski definition) is 11. The Morgan fingerprint density at radius 1 is 0.922 bits per heavy atom. The van der Waals surface area contributed by atoms with E-state index in [0.717, 1.165) is 99.1 Å². The Hall–Kier alpha value is -5.12. The zero-order valence-electron chi connectivity index (χ0n) is 35.9. The molecule has 9 rings (SSSR count). The number of thiazole rings is 1. The average Bonchev–Trinajstić information content (AvgIpc) is 4.00. The molecule has 334 valence electrons. The minimum absolute atomic E-state index is 0.0500. The maximum Gasteiger partial charge on any atom is 0.268 e. The van der Waals surface area contributed by atoms with Crippen LogP contribution < -0.4 is 24.0 Å². The van der Waals surface area contributed by atoms with Crippen molar-refractivity contribution in [3.05, 3.63) is 124 Å². The Kier molecular flexibility index (Phi) is 12.9. The number of fused-ring (bicyclic) bond motifs is 1. The number of hydrogen-bond donors (Lipinski definition) is 2. The van der Waals surface area contributed by atoms with Gasteiger partial charge in [0.25, 0.3) is 15.9 Å². The topological polar surface area (TPSA) is 133 Å². The summed E-state index contributed by atoms with van der Waals surface area (Å²) in [6.07, 6.45) is 10.3. The van der Waals surface area contributed by atoms with Gasteiger partial charge in [-0.1, -0.05) is 54.8 Å². The highest BCUT2D eigenvalue weighted by Crippen LogP contribution is 2.43. The second-order valence-corrected chi connectivity index (χ2v) is 21.0. The molecule has 64 heavy (non-hydrogen) atoms. The standard InChI is InChI=1S/C48H51Cl2N7O5S2/c1-48(2)15-11-35(41(28-48)33-3-5-36(49)6-4-33)30-55-20-22-56(23-21-55)37-7-9-40(44(26-37)62-38-25-34-12-16-51-45(34)53-29-38)46(58)54-64(59,60)39-8-10-43(42(50)27-39)61-31-32-13-18-57(19-14-32)47-52-17-24-63-47/h3-10,12,16-17,24-27,29,32H,11,13-15,18-23,28,30-31H2,1-2H3,(H,51,53)(H,54,58). The largest absolute Gasteiger partial charge is 0.492 e. The number of carbonyl (C=O) groups is 1. The number of benzene rings is 3. The van der Waals surface area contributed by atoms with Gasteiger partial charge in [-0.3, -0.25) is 9.69 Å². The van der Waals surface area contributed by atoms with Gasteiger partial charge in [-0.05, 0) is 109 Å². The number of ether oxygens (including phenoxy) is 2. The number of carbonyl (C=O) groups excluding carboxylic acids is 1. The van der Waals surface area contributed by atoms with Gasteiger partial charge in [0.05, 0.1) is 28.3 Å². The number of piperazine rings is 1. The van der Waals surface area contributed by atoms with E-state index < -0.39 is 15.9 Å². The summed E-state index contributed by atoms with van der Waals surface area (Å²) in [5.41, 5.74) is 6.01. The van der Waals surface area contributed by atoms with Crippen molar-refractivity contribution in [1.82, 2.24) is 24.6 Å². The molecule has 2 fully saturated rings. The van der Waals surface area contributed by atoms with E-state index in [-0.39, 0.29) is 26.6 Å². The average molecular weight is 941 g/mol. The predicted octanol–water partition coefficient (Wildman–Crippen LogP) is 10.3. The highest BCUT2D eigenvalue weighted by atomic mass is 35.5. The number of anilines is 2. The Bertz CT molecular complexity index is 2760. The number of aromatic amines is 1. The van der Waals surface area contributed by atoms with Crippen LogP contribution in [0.1, 0.15) is 61.9 Å². The van der Waals surface area contributed by atoms with Crippen LogP contribution in [-0.2, 0) is 10.0 Å². The molecule has 16 heteroatoms. The number of aromatic nitrogens is 3. The van der Waals surface area contributed by atoms with Gasteiger partial charge in [-0.2, -0.15) is 0 Å². The lowest BCUT2D eigenvalue weighted by atomic mass is 9.72. The van der Waals surface area contributed by atoms with Crippen molar-refractivity contribution in [2.45, 2.75) is 50.8 Å². The molecule has 3 aromatic heterocycles. The van der Waals surface area contributed by atoms with Gasteiger partial charge >= 0.3 is 0 Å². The molecule has 0 saturated carbocycles. The first-order valence-corrected chi connectivity index (χ1v) is 24.8. The van der Waals surface area contributed by atoms with E-state index in [1.54, 1.807) is 35.9 Å². The van der Waals surface area contributed by atoms with Crippen molar-refractivity contribution >= 4 is 77.9 Å². The van der Waals surface area contributed by atoms with Crippen molar-refractivity contribution in [1.29, 1.82) is 0 Å². The zero-order valence-corrected chi connectivity index (χ0v) is 39.0. The monoisotopic (exact) mass is 939 g/mol. The number of amides is 1. The molecule has 12 nitrogen and oxygen atoms in total. The Balaban J connectivity index is 0.880. The molecular formula is C48H51Cl2N7O5S2. The van der Waals surface area contributed by atoms with Gasteiger partial charge in [0.15, 0.2) is 5.13 Å². The van der Waals surface area contributed by atoms with Crippen LogP contribution >= 0.6 is 34.5 Å². The van der Waals surface area contributed by atoms with E-state index >= 15 is 0 Å². The number of allylic oxidation sites excluding steroid dienone is 1. The second kappa shape index (κ2) is 18.8. The molecule has 0 atom stereocenters. The molecule has 3 aromatic carbocycles. The van der Waals surface area contributed by atoms with Crippen molar-refractivity contribution in [3.8, 4) is 17.2 Å². The van der Waals surface area contributed by atoms with Crippen LogP contribution in [-0.4, -0.2) is 86.6 Å². The van der Waals surface area contributed by atoms with Crippen LogP contribution in [0.3, 0.4) is 0 Å². The molecule has 1 amide bonds. The SMILES string of the molecule is CC1(C)CCC(CN2CCN(c3ccc(C(=O)NS(=O)(=O)c4ccc(OCC5CCN(c6nccs6)CC5)c(Cl)c4)c(Oc4cnc5[nH]ccc5c4)c3)CC2)=C(c2ccc(Cl)cc2)C1. The van der Waals surface area contributed by atoms with Gasteiger partial charge in [-0.15, -0.1) is 11.3 Å². The van der Waals surface area contributed by atoms with E-state index in [1.165, 1.54) is 34.9 Å². The summed E-state index contributed by atoms with van der Waals surface area (Å²) in [5, 5.41) is 4.72. The number of nitrogens with zero attached hydrogens (tertiary/aromatic N) is 5. The fraction of sp³-hybridized carbons (Fsp3) is 0.354. The summed E-state index contributed by atoms with van der Waals surface area (Å²) < 4.78 is 42.1. The third-order valence-corrected chi connectivity index (χ3v) is 15.3. The summed E-state index contributed by atoms with van der Waals surface area (Å²) in [7, 11) is -4.35. The third kappa shape index (κ3) is 10.2. The first-order chi connectivity index (χ1) is 30.9. The molecule has 2 aliphatic heterocycles. The normalized spacial score (nSPS) is 17.5. The Morgan fingerprint density at radius 2 is 1.72 bits per heavy atom. The number of nitrogens with one attached hydrogen (secondary N) is 2. The minimum atomic E-state index is -4.35. The molecule has 2 N–H and O–H groups in total. The molecule has 5 heterocycles. The van der Waals surface area contributed by atoms with Crippen LogP contribution in [0.25, 0.3) is 16.6 Å². The van der Waals surface area contributed by atoms with Gasteiger partial charge in [0, 0.05) is 85.7 Å². The molecule has 0 bridgehead atoms. The van der Waals surface area contributed by atoms with E-state index in [0.29, 0.717) is 29.7 Å². The van der Waals surface area contributed by atoms with Crippen LogP contribution in [0.2, 0.25) is 10.0 Å². The van der Waals surface area contributed by atoms with Crippen molar-refractivity contribution < 1.29 is 22.7 Å². The summed E-state index contributed by atoms with van der Waals surface area (Å²) >= 11 is 14.5. The number of piperidine rings is 1. The van der Waals surface area contributed by atoms with Crippen LogP contribution in [0.15, 0.2) is 107 Å². The second-order valence-electron chi connectivity index (χ2n) is 17.6. The summed E-state index contributed by atoms with van der Waals surface area (Å²) in [6.45, 7) is 11.1. The van der Waals surface area contributed by atoms with Gasteiger partial charge in [-0.25, -0.2) is 23.1 Å². The maximum atomic E-state index is 14.0. The molecule has 0 unspecified atom stereocenters. The zero-order chi connectivity index (χ0) is 44.4. The first-order valence-electron chi connectivity index (χ1n) is 21.7. The fourth-order valence-electron chi connectivity index (χ4n) is 8.85. The molecular weight excluding hydrogens is 890 g/mol. The number of H-pyrrole nitrogens is 1. The first kappa shape index (κ1) is 44.1. The van der Waals surface area contributed by atoms with E-state index in [2.05, 4.69) is 60.4 Å². The number of sulfonamides is 1. The summed E-state index contributed by atoms with van der Waals surface area (Å²) in [5.74, 6) is 0.468. The molecule has 6 aromatic rings. The molecule has 0 spiro atoms. The smallest absolute Gasteiger partial charge is 0.268 e. The van der Waals surface area contributed by atoms with E-state index in [9.17, 15) is 13.2 Å². The van der Waals surface area contributed by atoms with E-state index in [4.69, 9.17) is 32.7 Å². The third-order valence-electron chi connectivity index (χ3n) is 12.6. The Labute approximate surface area is 388 Å². The molecule has 3 aliphatic rings. The lowest BCUT2D eigenvalue weighted by molar-refractivity contribution is 0.0979. The molecule has 0 radical (unpaired) electrons. The highest BCUT2D eigenvalue weighted by Gasteiger charge is 2.30. The fourth-order valence-corrected chi connectivity index (χ4v) is 11.0. The lowest BCUT2D eigenvalue weighted by Gasteiger charge is -2.39. The van der Waals surface area contributed by atoms with Gasteiger partial charge in [0.2, 0.25) is 0 Å². The van der Waals surface area contributed by atoms with Crippen molar-refractivity contribution in [3.63, 3.8) is 0 Å².